The summed E-state index contributed by atoms with van der Waals surface area (Å²) in [5.41, 5.74) is 0.627. The van der Waals surface area contributed by atoms with Gasteiger partial charge in [-0.3, -0.25) is 9.59 Å². The largest absolute Gasteiger partial charge is 0.495 e. The third-order valence-corrected chi connectivity index (χ3v) is 5.11. The third kappa shape index (κ3) is 4.39. The molecule has 0 aliphatic carbocycles. The molecular weight excluding hydrogens is 352 g/mol. The van der Waals surface area contributed by atoms with Gasteiger partial charge in [-0.25, -0.2) is 4.79 Å². The van der Waals surface area contributed by atoms with Crippen molar-refractivity contribution in [3.63, 3.8) is 0 Å². The van der Waals surface area contributed by atoms with Crippen molar-refractivity contribution in [2.24, 2.45) is 5.92 Å². The Labute approximate surface area is 157 Å². The molecule has 2 fully saturated rings. The summed E-state index contributed by atoms with van der Waals surface area (Å²) in [5.74, 6) is -0.880. The minimum atomic E-state index is -1.03. The van der Waals surface area contributed by atoms with E-state index in [0.717, 1.165) is 0 Å². The topological polar surface area (TPSA) is 105 Å². The van der Waals surface area contributed by atoms with E-state index in [0.29, 0.717) is 50.2 Å². The standard InChI is InChI=1S/C19H24N2O6/c1-26-14-5-3-2-4-13(14)20-17(22)12-8-10-21(11-9-12)18(23)15-6-7-16(27-15)19(24)25/h2-5,12,15-16H,6-11H2,1H3,(H,20,22)(H,24,25)/t15-,16+/m0/s1. The lowest BCUT2D eigenvalue weighted by atomic mass is 9.95. The Morgan fingerprint density at radius 2 is 1.78 bits per heavy atom. The number of carbonyl (C=O) groups excluding carboxylic acids is 2. The van der Waals surface area contributed by atoms with E-state index in [1.807, 2.05) is 12.1 Å². The third-order valence-electron chi connectivity index (χ3n) is 5.11. The van der Waals surface area contributed by atoms with Gasteiger partial charge >= 0.3 is 5.97 Å². The van der Waals surface area contributed by atoms with E-state index in [1.54, 1.807) is 24.1 Å². The van der Waals surface area contributed by atoms with E-state index in [2.05, 4.69) is 5.32 Å². The van der Waals surface area contributed by atoms with Crippen molar-refractivity contribution in [2.45, 2.75) is 37.9 Å². The number of benzene rings is 1. The van der Waals surface area contributed by atoms with Gasteiger partial charge in [-0.15, -0.1) is 0 Å². The second-order valence-corrected chi connectivity index (χ2v) is 6.82. The Morgan fingerprint density at radius 3 is 2.41 bits per heavy atom. The number of carboxylic acids is 1. The van der Waals surface area contributed by atoms with Gasteiger partial charge in [0.05, 0.1) is 12.8 Å². The molecule has 27 heavy (non-hydrogen) atoms. The number of rotatable bonds is 5. The Kier molecular flexibility index (Phi) is 5.95. The number of nitrogens with one attached hydrogen (secondary N) is 1. The normalized spacial score (nSPS) is 23.1. The number of hydrogen-bond acceptors (Lipinski definition) is 5. The van der Waals surface area contributed by atoms with Crippen molar-refractivity contribution >= 4 is 23.5 Å². The molecule has 1 aromatic rings. The zero-order valence-electron chi connectivity index (χ0n) is 15.2. The van der Waals surface area contributed by atoms with Gasteiger partial charge in [-0.1, -0.05) is 12.1 Å². The summed E-state index contributed by atoms with van der Waals surface area (Å²) in [6.07, 6.45) is 0.296. The number of ether oxygens (including phenoxy) is 2. The van der Waals surface area contributed by atoms with Crippen LogP contribution in [0.5, 0.6) is 5.75 Å². The smallest absolute Gasteiger partial charge is 0.332 e. The van der Waals surface area contributed by atoms with Crippen LogP contribution in [0.15, 0.2) is 24.3 Å². The van der Waals surface area contributed by atoms with E-state index in [-0.39, 0.29) is 17.7 Å². The lowest BCUT2D eigenvalue weighted by Crippen LogP contribution is -2.45. The molecule has 8 nitrogen and oxygen atoms in total. The highest BCUT2D eigenvalue weighted by Crippen LogP contribution is 2.27. The molecular formula is C19H24N2O6. The summed E-state index contributed by atoms with van der Waals surface area (Å²) in [4.78, 5) is 37.7. The number of likely N-dealkylation sites (tertiary alicyclic amines) is 1. The minimum Gasteiger partial charge on any atom is -0.495 e. The summed E-state index contributed by atoms with van der Waals surface area (Å²) < 4.78 is 10.6. The molecule has 2 atom stereocenters. The van der Waals surface area contributed by atoms with Gasteiger partial charge in [-0.05, 0) is 37.8 Å². The van der Waals surface area contributed by atoms with Gasteiger partial charge in [0.25, 0.3) is 5.91 Å². The highest BCUT2D eigenvalue weighted by molar-refractivity contribution is 5.94. The molecule has 0 bridgehead atoms. The second kappa shape index (κ2) is 8.39. The molecule has 0 radical (unpaired) electrons. The van der Waals surface area contributed by atoms with Crippen LogP contribution in [0.3, 0.4) is 0 Å². The van der Waals surface area contributed by atoms with E-state index in [9.17, 15) is 14.4 Å². The van der Waals surface area contributed by atoms with Gasteiger partial charge < -0.3 is 24.8 Å². The molecule has 2 amide bonds. The van der Waals surface area contributed by atoms with Gasteiger partial charge in [0.2, 0.25) is 5.91 Å². The number of piperidine rings is 1. The van der Waals surface area contributed by atoms with Crippen LogP contribution >= 0.6 is 0 Å². The van der Waals surface area contributed by atoms with Crippen LogP contribution < -0.4 is 10.1 Å². The van der Waals surface area contributed by atoms with Crippen LogP contribution in [-0.2, 0) is 19.1 Å². The summed E-state index contributed by atoms with van der Waals surface area (Å²) >= 11 is 0. The van der Waals surface area contributed by atoms with Crippen LogP contribution in [-0.4, -0.2) is 60.2 Å². The van der Waals surface area contributed by atoms with Gasteiger partial charge in [0.15, 0.2) is 6.10 Å². The summed E-state index contributed by atoms with van der Waals surface area (Å²) in [6, 6.07) is 7.22. The number of anilines is 1. The molecule has 0 aromatic heterocycles. The molecule has 146 valence electrons. The van der Waals surface area contributed by atoms with Crippen molar-refractivity contribution in [1.82, 2.24) is 4.90 Å². The van der Waals surface area contributed by atoms with Gasteiger partial charge in [0, 0.05) is 19.0 Å². The first-order valence-corrected chi connectivity index (χ1v) is 9.10. The van der Waals surface area contributed by atoms with Crippen LogP contribution in [0.4, 0.5) is 5.69 Å². The predicted octanol–water partition coefficient (Wildman–Crippen LogP) is 1.50. The molecule has 0 spiro atoms. The monoisotopic (exact) mass is 376 g/mol. The van der Waals surface area contributed by atoms with E-state index in [4.69, 9.17) is 14.6 Å². The highest BCUT2D eigenvalue weighted by atomic mass is 16.5. The van der Waals surface area contributed by atoms with Crippen molar-refractivity contribution in [1.29, 1.82) is 0 Å². The molecule has 2 aliphatic heterocycles. The molecule has 2 heterocycles. The quantitative estimate of drug-likeness (QED) is 0.807. The summed E-state index contributed by atoms with van der Waals surface area (Å²) in [5, 5.41) is 11.9. The first kappa shape index (κ1) is 19.2. The molecule has 2 aliphatic rings. The van der Waals surface area contributed by atoms with Crippen LogP contribution in [0.2, 0.25) is 0 Å². The number of carbonyl (C=O) groups is 3. The van der Waals surface area contributed by atoms with Crippen molar-refractivity contribution in [2.75, 3.05) is 25.5 Å². The Balaban J connectivity index is 1.50. The van der Waals surface area contributed by atoms with Crippen LogP contribution in [0.1, 0.15) is 25.7 Å². The molecule has 0 saturated carbocycles. The minimum absolute atomic E-state index is 0.0883. The lowest BCUT2D eigenvalue weighted by Gasteiger charge is -2.32. The number of hydrogen-bond donors (Lipinski definition) is 2. The van der Waals surface area contributed by atoms with Crippen molar-refractivity contribution in [3.05, 3.63) is 24.3 Å². The fraction of sp³-hybridized carbons (Fsp3) is 0.526. The lowest BCUT2D eigenvalue weighted by molar-refractivity contribution is -0.155. The maximum absolute atomic E-state index is 12.5. The van der Waals surface area contributed by atoms with Gasteiger partial charge in [0.1, 0.15) is 11.9 Å². The van der Waals surface area contributed by atoms with E-state index in [1.165, 1.54) is 0 Å². The first-order valence-electron chi connectivity index (χ1n) is 9.10. The number of para-hydroxylation sites is 2. The fourth-order valence-corrected chi connectivity index (χ4v) is 3.55. The maximum Gasteiger partial charge on any atom is 0.332 e. The fourth-order valence-electron chi connectivity index (χ4n) is 3.55. The molecule has 2 saturated heterocycles. The molecule has 3 rings (SSSR count). The SMILES string of the molecule is COc1ccccc1NC(=O)C1CCN(C(=O)[C@@H]2CC[C@H](C(=O)O)O2)CC1. The molecule has 2 N–H and O–H groups in total. The number of nitrogens with zero attached hydrogens (tertiary/aromatic N) is 1. The van der Waals surface area contributed by atoms with Crippen molar-refractivity contribution < 1.29 is 29.0 Å². The summed E-state index contributed by atoms with van der Waals surface area (Å²) in [6.45, 7) is 0.918. The molecule has 1 aromatic carbocycles. The van der Waals surface area contributed by atoms with Gasteiger partial charge in [-0.2, -0.15) is 0 Å². The summed E-state index contributed by atoms with van der Waals surface area (Å²) in [7, 11) is 1.55. The Hall–Kier alpha value is -2.61. The maximum atomic E-state index is 12.5. The number of methoxy groups -OCH3 is 1. The zero-order valence-corrected chi connectivity index (χ0v) is 15.2. The average Bonchev–Trinajstić information content (AvgIpc) is 3.18. The predicted molar refractivity (Wildman–Crippen MR) is 96.5 cm³/mol. The zero-order chi connectivity index (χ0) is 19.4. The number of amides is 2. The molecule has 0 unspecified atom stereocenters. The Morgan fingerprint density at radius 1 is 1.11 bits per heavy atom. The van der Waals surface area contributed by atoms with Crippen LogP contribution in [0.25, 0.3) is 0 Å². The van der Waals surface area contributed by atoms with Crippen LogP contribution in [0, 0.1) is 5.92 Å². The number of carboxylic acid groups (broad SMARTS) is 1. The number of aliphatic carboxylic acids is 1. The van der Waals surface area contributed by atoms with E-state index >= 15 is 0 Å². The Bertz CT molecular complexity index is 714. The molecule has 8 heteroatoms. The van der Waals surface area contributed by atoms with E-state index < -0.39 is 18.2 Å². The average molecular weight is 376 g/mol. The second-order valence-electron chi connectivity index (χ2n) is 6.82. The highest BCUT2D eigenvalue weighted by Gasteiger charge is 2.38. The first-order chi connectivity index (χ1) is 13.0. The van der Waals surface area contributed by atoms with Crippen molar-refractivity contribution in [3.8, 4) is 5.75 Å².